The fourth-order valence-corrected chi connectivity index (χ4v) is 3.49. The van der Waals surface area contributed by atoms with Crippen molar-refractivity contribution in [2.24, 2.45) is 0 Å². The maximum absolute atomic E-state index is 12.8. The number of thiophene rings is 1. The van der Waals surface area contributed by atoms with Crippen molar-refractivity contribution >= 4 is 23.1 Å². The molecule has 2 heterocycles. The number of amides is 2. The van der Waals surface area contributed by atoms with Crippen LogP contribution in [0.2, 0.25) is 0 Å². The highest BCUT2D eigenvalue weighted by molar-refractivity contribution is 7.09. The number of urea groups is 1. The topological polar surface area (TPSA) is 45.5 Å². The van der Waals surface area contributed by atoms with Crippen LogP contribution in [0, 0.1) is 13.8 Å². The SMILES string of the molecule is Cc1cc(C)cc(NC(=O)N(CCc2cccs2)Cc2ccco2)c1. The molecule has 0 aliphatic heterocycles. The number of aryl methyl sites for hydroxylation is 2. The summed E-state index contributed by atoms with van der Waals surface area (Å²) in [7, 11) is 0. The molecule has 0 aliphatic rings. The van der Waals surface area contributed by atoms with Gasteiger partial charge in [-0.2, -0.15) is 0 Å². The van der Waals surface area contributed by atoms with Crippen LogP contribution in [0.15, 0.2) is 58.5 Å². The summed E-state index contributed by atoms with van der Waals surface area (Å²) in [6, 6.07) is 13.8. The van der Waals surface area contributed by atoms with E-state index in [2.05, 4.69) is 22.8 Å². The third kappa shape index (κ3) is 4.97. The van der Waals surface area contributed by atoms with E-state index in [4.69, 9.17) is 4.42 Å². The van der Waals surface area contributed by atoms with Crippen molar-refractivity contribution < 1.29 is 9.21 Å². The minimum absolute atomic E-state index is 0.113. The van der Waals surface area contributed by atoms with Crippen LogP contribution in [0.25, 0.3) is 0 Å². The Kier molecular flexibility index (Phi) is 5.56. The second-order valence-electron chi connectivity index (χ2n) is 6.14. The molecule has 5 heteroatoms. The predicted molar refractivity (Wildman–Crippen MR) is 102 cm³/mol. The molecule has 0 spiro atoms. The van der Waals surface area contributed by atoms with E-state index in [1.54, 1.807) is 22.5 Å². The van der Waals surface area contributed by atoms with E-state index in [1.165, 1.54) is 4.88 Å². The van der Waals surface area contributed by atoms with Crippen LogP contribution in [-0.2, 0) is 13.0 Å². The Morgan fingerprint density at radius 1 is 1.16 bits per heavy atom. The van der Waals surface area contributed by atoms with Crippen molar-refractivity contribution in [2.45, 2.75) is 26.8 Å². The number of carbonyl (C=O) groups excluding carboxylic acids is 1. The average molecular weight is 354 g/mol. The summed E-state index contributed by atoms with van der Waals surface area (Å²) in [6.07, 6.45) is 2.47. The van der Waals surface area contributed by atoms with E-state index < -0.39 is 0 Å². The molecule has 0 bridgehead atoms. The molecular formula is C20H22N2O2S. The van der Waals surface area contributed by atoms with Gasteiger partial charge in [-0.1, -0.05) is 12.1 Å². The largest absolute Gasteiger partial charge is 0.467 e. The highest BCUT2D eigenvalue weighted by Crippen LogP contribution is 2.16. The first-order chi connectivity index (χ1) is 12.1. The van der Waals surface area contributed by atoms with Crippen LogP contribution in [0.1, 0.15) is 21.8 Å². The third-order valence-electron chi connectivity index (χ3n) is 3.90. The molecule has 2 aromatic heterocycles. The van der Waals surface area contributed by atoms with Gasteiger partial charge in [0, 0.05) is 17.1 Å². The Labute approximate surface area is 152 Å². The fraction of sp³-hybridized carbons (Fsp3) is 0.250. The highest BCUT2D eigenvalue weighted by atomic mass is 32.1. The molecule has 2 amide bonds. The number of nitrogens with one attached hydrogen (secondary N) is 1. The number of furan rings is 1. The zero-order valence-electron chi connectivity index (χ0n) is 14.5. The first-order valence-corrected chi connectivity index (χ1v) is 9.17. The smallest absolute Gasteiger partial charge is 0.322 e. The first kappa shape index (κ1) is 17.3. The van der Waals surface area contributed by atoms with Crippen LogP contribution >= 0.6 is 11.3 Å². The zero-order chi connectivity index (χ0) is 17.6. The van der Waals surface area contributed by atoms with E-state index in [1.807, 2.05) is 44.2 Å². The van der Waals surface area contributed by atoms with Gasteiger partial charge in [0.25, 0.3) is 0 Å². The van der Waals surface area contributed by atoms with Gasteiger partial charge in [0.1, 0.15) is 5.76 Å². The molecule has 3 rings (SSSR count). The molecule has 25 heavy (non-hydrogen) atoms. The molecule has 1 aromatic carbocycles. The van der Waals surface area contributed by atoms with Gasteiger partial charge in [0.15, 0.2) is 0 Å². The lowest BCUT2D eigenvalue weighted by Gasteiger charge is -2.22. The molecule has 4 nitrogen and oxygen atoms in total. The maximum atomic E-state index is 12.8. The van der Waals surface area contributed by atoms with Crippen LogP contribution in [0.4, 0.5) is 10.5 Å². The minimum Gasteiger partial charge on any atom is -0.467 e. The lowest BCUT2D eigenvalue weighted by atomic mass is 10.1. The van der Waals surface area contributed by atoms with Gasteiger partial charge in [-0.15, -0.1) is 11.3 Å². The Hall–Kier alpha value is -2.53. The molecule has 3 aromatic rings. The standard InChI is InChI=1S/C20H22N2O2S/c1-15-11-16(2)13-17(12-15)21-20(23)22(14-18-5-3-9-24-18)8-7-19-6-4-10-25-19/h3-6,9-13H,7-8,14H2,1-2H3,(H,21,23). The van der Waals surface area contributed by atoms with E-state index in [9.17, 15) is 4.79 Å². The molecule has 0 unspecified atom stereocenters. The molecule has 0 radical (unpaired) electrons. The number of benzene rings is 1. The maximum Gasteiger partial charge on any atom is 0.322 e. The third-order valence-corrected chi connectivity index (χ3v) is 4.83. The van der Waals surface area contributed by atoms with E-state index in [-0.39, 0.29) is 6.03 Å². The summed E-state index contributed by atoms with van der Waals surface area (Å²) in [5.74, 6) is 0.779. The van der Waals surface area contributed by atoms with Gasteiger partial charge in [-0.25, -0.2) is 4.79 Å². The Morgan fingerprint density at radius 2 is 1.96 bits per heavy atom. The molecule has 130 valence electrons. The second kappa shape index (κ2) is 8.03. The summed E-state index contributed by atoms with van der Waals surface area (Å²) in [5.41, 5.74) is 3.08. The number of carbonyl (C=O) groups is 1. The molecule has 1 N–H and O–H groups in total. The van der Waals surface area contributed by atoms with Crippen molar-refractivity contribution in [3.63, 3.8) is 0 Å². The molecule has 0 saturated heterocycles. The van der Waals surface area contributed by atoms with Crippen LogP contribution in [0.5, 0.6) is 0 Å². The molecular weight excluding hydrogens is 332 g/mol. The van der Waals surface area contributed by atoms with Crippen molar-refractivity contribution in [1.29, 1.82) is 0 Å². The van der Waals surface area contributed by atoms with Crippen molar-refractivity contribution in [2.75, 3.05) is 11.9 Å². The molecule has 0 fully saturated rings. The summed E-state index contributed by atoms with van der Waals surface area (Å²) >= 11 is 1.71. The monoisotopic (exact) mass is 354 g/mol. The Balaban J connectivity index is 1.71. The molecule has 0 atom stereocenters. The minimum atomic E-state index is -0.113. The first-order valence-electron chi connectivity index (χ1n) is 8.29. The van der Waals surface area contributed by atoms with E-state index in [0.717, 1.165) is 29.0 Å². The van der Waals surface area contributed by atoms with Gasteiger partial charge < -0.3 is 14.6 Å². The van der Waals surface area contributed by atoms with Crippen molar-refractivity contribution in [3.05, 3.63) is 75.9 Å². The summed E-state index contributed by atoms with van der Waals surface area (Å²) in [6.45, 7) is 5.15. The predicted octanol–water partition coefficient (Wildman–Crippen LogP) is 5.23. The van der Waals surface area contributed by atoms with E-state index >= 15 is 0 Å². The summed E-state index contributed by atoms with van der Waals surface area (Å²) in [4.78, 5) is 15.9. The lowest BCUT2D eigenvalue weighted by molar-refractivity contribution is 0.205. The van der Waals surface area contributed by atoms with Crippen LogP contribution in [0.3, 0.4) is 0 Å². The second-order valence-corrected chi connectivity index (χ2v) is 7.17. The van der Waals surface area contributed by atoms with Crippen molar-refractivity contribution in [1.82, 2.24) is 4.90 Å². The summed E-state index contributed by atoms with van der Waals surface area (Å²) in [5, 5.41) is 5.07. The summed E-state index contributed by atoms with van der Waals surface area (Å²) < 4.78 is 5.42. The number of rotatable bonds is 6. The normalized spacial score (nSPS) is 10.6. The average Bonchev–Trinajstić information content (AvgIpc) is 3.24. The number of hydrogen-bond acceptors (Lipinski definition) is 3. The highest BCUT2D eigenvalue weighted by Gasteiger charge is 2.16. The number of anilines is 1. The molecule has 0 aliphatic carbocycles. The van der Waals surface area contributed by atoms with Gasteiger partial charge in [-0.3, -0.25) is 0 Å². The molecule has 0 saturated carbocycles. The number of hydrogen-bond donors (Lipinski definition) is 1. The van der Waals surface area contributed by atoms with Gasteiger partial charge in [-0.05, 0) is 67.1 Å². The van der Waals surface area contributed by atoms with Crippen molar-refractivity contribution in [3.8, 4) is 0 Å². The number of nitrogens with zero attached hydrogens (tertiary/aromatic N) is 1. The van der Waals surface area contributed by atoms with Gasteiger partial charge >= 0.3 is 6.03 Å². The zero-order valence-corrected chi connectivity index (χ0v) is 15.3. The van der Waals surface area contributed by atoms with Gasteiger partial charge in [0.2, 0.25) is 0 Å². The van der Waals surface area contributed by atoms with Crippen LogP contribution < -0.4 is 5.32 Å². The Morgan fingerprint density at radius 3 is 2.60 bits per heavy atom. The Bertz CT molecular complexity index is 790. The van der Waals surface area contributed by atoms with Gasteiger partial charge in [0.05, 0.1) is 12.8 Å². The lowest BCUT2D eigenvalue weighted by Crippen LogP contribution is -2.36. The fourth-order valence-electron chi connectivity index (χ4n) is 2.79. The van der Waals surface area contributed by atoms with E-state index in [0.29, 0.717) is 13.1 Å². The van der Waals surface area contributed by atoms with Crippen LogP contribution in [-0.4, -0.2) is 17.5 Å². The quantitative estimate of drug-likeness (QED) is 0.658.